The van der Waals surface area contributed by atoms with Crippen molar-refractivity contribution in [2.24, 2.45) is 0 Å². The molecule has 0 spiro atoms. The predicted molar refractivity (Wildman–Crippen MR) is 99.3 cm³/mol. The molecule has 1 heterocycles. The SMILES string of the molecule is COc1ccc(NC(=O)c2cc(OC)c3cc(Cl)ccc3n2)cc1Cl. The lowest BCUT2D eigenvalue weighted by molar-refractivity contribution is 0.102. The van der Waals surface area contributed by atoms with Crippen molar-refractivity contribution in [3.8, 4) is 11.5 Å². The highest BCUT2D eigenvalue weighted by atomic mass is 35.5. The molecule has 1 aromatic heterocycles. The Kier molecular flexibility index (Phi) is 4.97. The number of halogens is 2. The molecule has 25 heavy (non-hydrogen) atoms. The second-order valence-electron chi connectivity index (χ2n) is 5.17. The van der Waals surface area contributed by atoms with Gasteiger partial charge in [0, 0.05) is 22.2 Å². The number of anilines is 1. The number of pyridine rings is 1. The van der Waals surface area contributed by atoms with E-state index in [1.807, 2.05) is 0 Å². The zero-order chi connectivity index (χ0) is 18.0. The zero-order valence-corrected chi connectivity index (χ0v) is 15.0. The van der Waals surface area contributed by atoms with E-state index in [1.54, 1.807) is 42.5 Å². The molecular formula is C18H14Cl2N2O3. The van der Waals surface area contributed by atoms with Crippen LogP contribution in [0.4, 0.5) is 5.69 Å². The molecule has 5 nitrogen and oxygen atoms in total. The summed E-state index contributed by atoms with van der Waals surface area (Å²) in [6, 6.07) is 11.7. The van der Waals surface area contributed by atoms with Crippen LogP contribution in [0.5, 0.6) is 11.5 Å². The summed E-state index contributed by atoms with van der Waals surface area (Å²) in [5, 5.41) is 4.46. The number of aromatic nitrogens is 1. The van der Waals surface area contributed by atoms with Crippen molar-refractivity contribution in [3.63, 3.8) is 0 Å². The Bertz CT molecular complexity index is 960. The normalized spacial score (nSPS) is 10.6. The monoisotopic (exact) mass is 376 g/mol. The molecule has 1 amide bonds. The number of fused-ring (bicyclic) bond motifs is 1. The highest BCUT2D eigenvalue weighted by molar-refractivity contribution is 6.32. The molecule has 0 aliphatic carbocycles. The Morgan fingerprint density at radius 2 is 1.76 bits per heavy atom. The van der Waals surface area contributed by atoms with Gasteiger partial charge in [0.15, 0.2) is 0 Å². The first-order valence-corrected chi connectivity index (χ1v) is 8.06. The minimum Gasteiger partial charge on any atom is -0.496 e. The minimum atomic E-state index is -0.378. The standard InChI is InChI=1S/C18H14Cl2N2O3/c1-24-16-6-4-11(8-13(16)20)21-18(23)15-9-17(25-2)12-7-10(19)3-5-14(12)22-15/h3-9H,1-2H3,(H,21,23). The quantitative estimate of drug-likeness (QED) is 0.709. The van der Waals surface area contributed by atoms with Gasteiger partial charge in [-0.3, -0.25) is 4.79 Å². The first kappa shape index (κ1) is 17.3. The first-order valence-electron chi connectivity index (χ1n) is 7.31. The van der Waals surface area contributed by atoms with E-state index in [9.17, 15) is 4.79 Å². The number of carbonyl (C=O) groups excluding carboxylic acids is 1. The molecule has 0 aliphatic rings. The molecule has 2 aromatic carbocycles. The van der Waals surface area contributed by atoms with Crippen molar-refractivity contribution in [2.75, 3.05) is 19.5 Å². The summed E-state index contributed by atoms with van der Waals surface area (Å²) in [6.45, 7) is 0. The van der Waals surface area contributed by atoms with Gasteiger partial charge in [-0.1, -0.05) is 23.2 Å². The second-order valence-corrected chi connectivity index (χ2v) is 6.02. The molecule has 0 saturated heterocycles. The smallest absolute Gasteiger partial charge is 0.274 e. The van der Waals surface area contributed by atoms with Gasteiger partial charge in [0.05, 0.1) is 24.8 Å². The molecular weight excluding hydrogens is 363 g/mol. The number of methoxy groups -OCH3 is 2. The molecule has 0 saturated carbocycles. The number of carbonyl (C=O) groups is 1. The summed E-state index contributed by atoms with van der Waals surface area (Å²) in [4.78, 5) is 16.9. The number of rotatable bonds is 4. The van der Waals surface area contributed by atoms with E-state index in [-0.39, 0.29) is 11.6 Å². The summed E-state index contributed by atoms with van der Waals surface area (Å²) in [6.07, 6.45) is 0. The van der Waals surface area contributed by atoms with E-state index in [0.29, 0.717) is 32.7 Å². The maximum Gasteiger partial charge on any atom is 0.274 e. The van der Waals surface area contributed by atoms with Crippen molar-refractivity contribution in [1.82, 2.24) is 4.98 Å². The number of benzene rings is 2. The Labute approximate surface area is 154 Å². The fraction of sp³-hybridized carbons (Fsp3) is 0.111. The van der Waals surface area contributed by atoms with Crippen molar-refractivity contribution in [1.29, 1.82) is 0 Å². The number of nitrogens with one attached hydrogen (secondary N) is 1. The minimum absolute atomic E-state index is 0.221. The van der Waals surface area contributed by atoms with Crippen molar-refractivity contribution in [2.45, 2.75) is 0 Å². The Morgan fingerprint density at radius 3 is 2.44 bits per heavy atom. The van der Waals surface area contributed by atoms with Crippen LogP contribution >= 0.6 is 23.2 Å². The topological polar surface area (TPSA) is 60.5 Å². The molecule has 3 rings (SSSR count). The summed E-state index contributed by atoms with van der Waals surface area (Å²) < 4.78 is 10.4. The predicted octanol–water partition coefficient (Wildman–Crippen LogP) is 4.81. The molecule has 0 unspecified atom stereocenters. The van der Waals surface area contributed by atoms with Gasteiger partial charge in [-0.25, -0.2) is 4.98 Å². The van der Waals surface area contributed by atoms with Crippen LogP contribution in [0.1, 0.15) is 10.5 Å². The highest BCUT2D eigenvalue weighted by Crippen LogP contribution is 2.29. The second kappa shape index (κ2) is 7.17. The van der Waals surface area contributed by atoms with Gasteiger partial charge in [0.2, 0.25) is 0 Å². The summed E-state index contributed by atoms with van der Waals surface area (Å²) >= 11 is 12.1. The van der Waals surface area contributed by atoms with Crippen LogP contribution in [0.3, 0.4) is 0 Å². The lowest BCUT2D eigenvalue weighted by Crippen LogP contribution is -2.14. The average molecular weight is 377 g/mol. The third kappa shape index (κ3) is 3.62. The summed E-state index contributed by atoms with van der Waals surface area (Å²) in [5.74, 6) is 0.670. The maximum atomic E-state index is 12.5. The highest BCUT2D eigenvalue weighted by Gasteiger charge is 2.14. The van der Waals surface area contributed by atoms with Crippen LogP contribution in [0.2, 0.25) is 10.0 Å². The van der Waals surface area contributed by atoms with Crippen LogP contribution < -0.4 is 14.8 Å². The lowest BCUT2D eigenvalue weighted by atomic mass is 10.1. The molecule has 128 valence electrons. The summed E-state index contributed by atoms with van der Waals surface area (Å²) in [5.41, 5.74) is 1.37. The van der Waals surface area contributed by atoms with Gasteiger partial charge in [0.1, 0.15) is 17.2 Å². The van der Waals surface area contributed by atoms with Gasteiger partial charge in [-0.2, -0.15) is 0 Å². The van der Waals surface area contributed by atoms with Crippen LogP contribution in [0.15, 0.2) is 42.5 Å². The first-order chi connectivity index (χ1) is 12.0. The number of amides is 1. The largest absolute Gasteiger partial charge is 0.496 e. The average Bonchev–Trinajstić information content (AvgIpc) is 2.61. The molecule has 0 radical (unpaired) electrons. The van der Waals surface area contributed by atoms with E-state index < -0.39 is 0 Å². The van der Waals surface area contributed by atoms with Crippen LogP contribution in [-0.4, -0.2) is 25.1 Å². The lowest BCUT2D eigenvalue weighted by Gasteiger charge is -2.10. The molecule has 1 N–H and O–H groups in total. The third-order valence-electron chi connectivity index (χ3n) is 3.59. The van der Waals surface area contributed by atoms with E-state index in [4.69, 9.17) is 32.7 Å². The van der Waals surface area contributed by atoms with E-state index >= 15 is 0 Å². The van der Waals surface area contributed by atoms with Crippen molar-refractivity contribution < 1.29 is 14.3 Å². The summed E-state index contributed by atoms with van der Waals surface area (Å²) in [7, 11) is 3.05. The fourth-order valence-corrected chi connectivity index (χ4v) is 2.82. The van der Waals surface area contributed by atoms with E-state index in [1.165, 1.54) is 14.2 Å². The van der Waals surface area contributed by atoms with Gasteiger partial charge in [-0.15, -0.1) is 0 Å². The maximum absolute atomic E-state index is 12.5. The zero-order valence-electron chi connectivity index (χ0n) is 13.5. The Balaban J connectivity index is 1.94. The van der Waals surface area contributed by atoms with Gasteiger partial charge in [0.25, 0.3) is 5.91 Å². The van der Waals surface area contributed by atoms with Gasteiger partial charge in [-0.05, 0) is 36.4 Å². The van der Waals surface area contributed by atoms with Crippen molar-refractivity contribution in [3.05, 3.63) is 58.2 Å². The van der Waals surface area contributed by atoms with E-state index in [2.05, 4.69) is 10.3 Å². The molecule has 7 heteroatoms. The molecule has 3 aromatic rings. The molecule has 0 atom stereocenters. The fourth-order valence-electron chi connectivity index (χ4n) is 2.39. The molecule has 0 aliphatic heterocycles. The van der Waals surface area contributed by atoms with Crippen LogP contribution in [-0.2, 0) is 0 Å². The van der Waals surface area contributed by atoms with Crippen molar-refractivity contribution >= 4 is 45.7 Å². The molecule has 0 fully saturated rings. The number of nitrogens with zero attached hydrogens (tertiary/aromatic N) is 1. The number of hydrogen-bond acceptors (Lipinski definition) is 4. The molecule has 0 bridgehead atoms. The third-order valence-corrected chi connectivity index (χ3v) is 4.13. The number of ether oxygens (including phenoxy) is 2. The van der Waals surface area contributed by atoms with Gasteiger partial charge < -0.3 is 14.8 Å². The number of hydrogen-bond donors (Lipinski definition) is 1. The van der Waals surface area contributed by atoms with E-state index in [0.717, 1.165) is 5.39 Å². The van der Waals surface area contributed by atoms with Crippen LogP contribution in [0.25, 0.3) is 10.9 Å². The van der Waals surface area contributed by atoms with Gasteiger partial charge >= 0.3 is 0 Å². The Morgan fingerprint density at radius 1 is 1.00 bits per heavy atom. The van der Waals surface area contributed by atoms with Crippen LogP contribution in [0, 0.1) is 0 Å². The Hall–Kier alpha value is -2.50.